The Hall–Kier alpha value is -2.93. The number of hydrogen-bond acceptors (Lipinski definition) is 6. The van der Waals surface area contributed by atoms with Gasteiger partial charge in [-0.05, 0) is 30.5 Å². The summed E-state index contributed by atoms with van der Waals surface area (Å²) in [5.41, 5.74) is 8.40. The molecule has 0 spiro atoms. The summed E-state index contributed by atoms with van der Waals surface area (Å²) in [6.07, 6.45) is 3.20. The smallest absolute Gasteiger partial charge is 0.259 e. The maximum atomic E-state index is 13.0. The second-order valence-corrected chi connectivity index (χ2v) is 7.76. The Balaban J connectivity index is 1.62. The van der Waals surface area contributed by atoms with E-state index < -0.39 is 0 Å². The zero-order valence-corrected chi connectivity index (χ0v) is 16.5. The fraction of sp³-hybridized carbons (Fsp3) is 0.286. The van der Waals surface area contributed by atoms with Gasteiger partial charge in [-0.1, -0.05) is 30.3 Å². The Kier molecular flexibility index (Phi) is 5.00. The first-order valence-electron chi connectivity index (χ1n) is 9.19. The molecule has 1 amide bonds. The molecule has 0 radical (unpaired) electrons. The fourth-order valence-corrected chi connectivity index (χ4v) is 4.60. The van der Waals surface area contributed by atoms with E-state index in [1.54, 1.807) is 18.3 Å². The lowest BCUT2D eigenvalue weighted by molar-refractivity contribution is 0.0680. The Morgan fingerprint density at radius 3 is 2.57 bits per heavy atom. The Bertz CT molecular complexity index is 965. The second-order valence-electron chi connectivity index (χ2n) is 6.87. The minimum absolute atomic E-state index is 0.0515. The van der Waals surface area contributed by atoms with Gasteiger partial charge in [-0.25, -0.2) is 9.97 Å². The number of ether oxygens (including phenoxy) is 1. The van der Waals surface area contributed by atoms with Gasteiger partial charge in [-0.3, -0.25) is 4.79 Å². The molecule has 3 aromatic rings. The quantitative estimate of drug-likeness (QED) is 0.734. The highest BCUT2D eigenvalue weighted by Gasteiger charge is 2.41. The molecule has 2 aromatic heterocycles. The monoisotopic (exact) mass is 394 g/mol. The van der Waals surface area contributed by atoms with Crippen LogP contribution in [0.25, 0.3) is 0 Å². The van der Waals surface area contributed by atoms with Crippen molar-refractivity contribution >= 4 is 22.4 Å². The van der Waals surface area contributed by atoms with E-state index in [0.717, 1.165) is 18.5 Å². The number of carbonyl (C=O) groups excluding carboxylic acids is 1. The van der Waals surface area contributed by atoms with Crippen LogP contribution in [0.3, 0.4) is 0 Å². The van der Waals surface area contributed by atoms with E-state index in [9.17, 15) is 4.79 Å². The van der Waals surface area contributed by atoms with Gasteiger partial charge in [0, 0.05) is 30.1 Å². The Labute approximate surface area is 168 Å². The number of amides is 1. The second kappa shape index (κ2) is 7.59. The minimum atomic E-state index is -0.231. The summed E-state index contributed by atoms with van der Waals surface area (Å²) in [7, 11) is 1.53. The van der Waals surface area contributed by atoms with Crippen molar-refractivity contribution in [2.45, 2.75) is 18.3 Å². The molecule has 0 unspecified atom stereocenters. The maximum absolute atomic E-state index is 13.0. The SMILES string of the molecule is COc1ncccc1C(=O)N1CCC(c2ccccc2)(c2csc(N)n2)CC1. The maximum Gasteiger partial charge on any atom is 0.259 e. The lowest BCUT2D eigenvalue weighted by atomic mass is 9.70. The predicted molar refractivity (Wildman–Crippen MR) is 110 cm³/mol. The number of carbonyl (C=O) groups is 1. The van der Waals surface area contributed by atoms with Crippen molar-refractivity contribution < 1.29 is 9.53 Å². The Morgan fingerprint density at radius 1 is 1.18 bits per heavy atom. The van der Waals surface area contributed by atoms with Crippen LogP contribution in [-0.4, -0.2) is 41.0 Å². The van der Waals surface area contributed by atoms with Gasteiger partial charge in [-0.15, -0.1) is 11.3 Å². The molecular formula is C21H22N4O2S. The Morgan fingerprint density at radius 2 is 1.93 bits per heavy atom. The highest BCUT2D eigenvalue weighted by atomic mass is 32.1. The summed E-state index contributed by atoms with van der Waals surface area (Å²) < 4.78 is 5.26. The molecule has 2 N–H and O–H groups in total. The molecule has 0 saturated carbocycles. The number of thiazole rings is 1. The number of nitrogen functional groups attached to an aromatic ring is 1. The third-order valence-electron chi connectivity index (χ3n) is 5.44. The molecule has 1 aliphatic rings. The number of benzene rings is 1. The van der Waals surface area contributed by atoms with Gasteiger partial charge in [0.2, 0.25) is 5.88 Å². The van der Waals surface area contributed by atoms with Gasteiger partial charge >= 0.3 is 0 Å². The number of methoxy groups -OCH3 is 1. The number of pyridine rings is 1. The molecule has 1 aromatic carbocycles. The molecule has 4 rings (SSSR count). The summed E-state index contributed by atoms with van der Waals surface area (Å²) in [5, 5.41) is 2.62. The molecule has 28 heavy (non-hydrogen) atoms. The summed E-state index contributed by atoms with van der Waals surface area (Å²) in [4.78, 5) is 23.7. The van der Waals surface area contributed by atoms with Gasteiger partial charge in [0.1, 0.15) is 5.56 Å². The van der Waals surface area contributed by atoms with Crippen LogP contribution in [0.2, 0.25) is 0 Å². The first-order valence-corrected chi connectivity index (χ1v) is 10.1. The number of nitrogens with two attached hydrogens (primary N) is 1. The third kappa shape index (κ3) is 3.22. The number of nitrogens with zero attached hydrogens (tertiary/aromatic N) is 3. The number of aromatic nitrogens is 2. The summed E-state index contributed by atoms with van der Waals surface area (Å²) in [6, 6.07) is 13.9. The molecule has 0 bridgehead atoms. The highest BCUT2D eigenvalue weighted by molar-refractivity contribution is 7.13. The van der Waals surface area contributed by atoms with Crippen LogP contribution in [0.5, 0.6) is 5.88 Å². The molecule has 144 valence electrons. The van der Waals surface area contributed by atoms with Crippen molar-refractivity contribution in [1.29, 1.82) is 0 Å². The van der Waals surface area contributed by atoms with E-state index >= 15 is 0 Å². The van der Waals surface area contributed by atoms with Crippen LogP contribution >= 0.6 is 11.3 Å². The molecule has 1 aliphatic heterocycles. The normalized spacial score (nSPS) is 16.0. The van der Waals surface area contributed by atoms with Gasteiger partial charge < -0.3 is 15.4 Å². The third-order valence-corrected chi connectivity index (χ3v) is 6.11. The molecule has 0 aliphatic carbocycles. The average Bonchev–Trinajstić information content (AvgIpc) is 3.20. The molecule has 1 saturated heterocycles. The van der Waals surface area contributed by atoms with Gasteiger partial charge in [0.15, 0.2) is 5.13 Å². The van der Waals surface area contributed by atoms with Crippen LogP contribution in [0.1, 0.15) is 34.5 Å². The predicted octanol–water partition coefficient (Wildman–Crippen LogP) is 3.35. The van der Waals surface area contributed by atoms with Crippen LogP contribution in [-0.2, 0) is 5.41 Å². The van der Waals surface area contributed by atoms with Crippen molar-refractivity contribution in [2.75, 3.05) is 25.9 Å². The van der Waals surface area contributed by atoms with Crippen molar-refractivity contribution in [2.24, 2.45) is 0 Å². The van der Waals surface area contributed by atoms with Crippen molar-refractivity contribution in [3.63, 3.8) is 0 Å². The van der Waals surface area contributed by atoms with E-state index in [-0.39, 0.29) is 11.3 Å². The summed E-state index contributed by atoms with van der Waals surface area (Å²) in [5.74, 6) is 0.309. The molecule has 6 nitrogen and oxygen atoms in total. The van der Waals surface area contributed by atoms with Crippen molar-refractivity contribution in [1.82, 2.24) is 14.9 Å². The molecular weight excluding hydrogens is 372 g/mol. The van der Waals surface area contributed by atoms with E-state index in [1.165, 1.54) is 24.0 Å². The van der Waals surface area contributed by atoms with Gasteiger partial charge in [-0.2, -0.15) is 0 Å². The van der Waals surface area contributed by atoms with Gasteiger partial charge in [0.25, 0.3) is 5.91 Å². The summed E-state index contributed by atoms with van der Waals surface area (Å²) in [6.45, 7) is 1.26. The van der Waals surface area contributed by atoms with Crippen LogP contribution in [0.4, 0.5) is 5.13 Å². The van der Waals surface area contributed by atoms with Gasteiger partial charge in [0.05, 0.1) is 12.8 Å². The molecule has 0 atom stereocenters. The number of rotatable bonds is 4. The van der Waals surface area contributed by atoms with E-state index in [0.29, 0.717) is 29.7 Å². The van der Waals surface area contributed by atoms with Crippen molar-refractivity contribution in [3.05, 3.63) is 70.9 Å². The van der Waals surface area contributed by atoms with Crippen LogP contribution < -0.4 is 10.5 Å². The lowest BCUT2D eigenvalue weighted by Crippen LogP contribution is -2.46. The lowest BCUT2D eigenvalue weighted by Gasteiger charge is -2.41. The zero-order chi connectivity index (χ0) is 19.6. The van der Waals surface area contributed by atoms with E-state index in [2.05, 4.69) is 22.1 Å². The van der Waals surface area contributed by atoms with E-state index in [1.807, 2.05) is 28.5 Å². The number of likely N-dealkylation sites (tertiary alicyclic amines) is 1. The van der Waals surface area contributed by atoms with Crippen LogP contribution in [0, 0.1) is 0 Å². The van der Waals surface area contributed by atoms with Crippen LogP contribution in [0.15, 0.2) is 54.0 Å². The van der Waals surface area contributed by atoms with E-state index in [4.69, 9.17) is 10.5 Å². The number of anilines is 1. The average molecular weight is 395 g/mol. The standard InChI is InChI=1S/C21H22N4O2S/c1-27-18-16(8-5-11-23-18)19(26)25-12-9-21(10-13-25,15-6-3-2-4-7-15)17-14-28-20(22)24-17/h2-8,11,14H,9-10,12-13H2,1H3,(H2,22,24). The fourth-order valence-electron chi connectivity index (χ4n) is 3.94. The largest absolute Gasteiger partial charge is 0.480 e. The number of piperidine rings is 1. The molecule has 1 fully saturated rings. The van der Waals surface area contributed by atoms with Crippen molar-refractivity contribution in [3.8, 4) is 5.88 Å². The number of hydrogen-bond donors (Lipinski definition) is 1. The summed E-state index contributed by atoms with van der Waals surface area (Å²) >= 11 is 1.46. The minimum Gasteiger partial charge on any atom is -0.480 e. The first kappa shape index (κ1) is 18.4. The first-order chi connectivity index (χ1) is 13.6. The molecule has 3 heterocycles. The topological polar surface area (TPSA) is 81.3 Å². The molecule has 7 heteroatoms. The highest BCUT2D eigenvalue weighted by Crippen LogP contribution is 2.42. The zero-order valence-electron chi connectivity index (χ0n) is 15.7.